The van der Waals surface area contributed by atoms with Crippen LogP contribution >= 0.6 is 31.9 Å². The van der Waals surface area contributed by atoms with Crippen molar-refractivity contribution in [2.24, 2.45) is 5.73 Å². The lowest BCUT2D eigenvalue weighted by Gasteiger charge is -2.12. The topological polar surface area (TPSA) is 39.2 Å². The Hall–Kier alpha value is -0.650. The number of hydrogen-bond donors (Lipinski definition) is 1. The average Bonchev–Trinajstić information content (AvgIpc) is 2.71. The summed E-state index contributed by atoms with van der Waals surface area (Å²) in [6.07, 6.45) is 2.11. The SMILES string of the molecule is NC(Cc1cccc(F)c1Br)c1ccoc1Br. The normalized spacial score (nSPS) is 12.7. The zero-order valence-electron chi connectivity index (χ0n) is 8.79. The largest absolute Gasteiger partial charge is 0.457 e. The second-order valence-corrected chi connectivity index (χ2v) is 5.19. The Morgan fingerprint density at radius 1 is 1.29 bits per heavy atom. The molecule has 0 bridgehead atoms. The zero-order chi connectivity index (χ0) is 12.4. The Labute approximate surface area is 115 Å². The van der Waals surface area contributed by atoms with Crippen LogP contribution in [0.25, 0.3) is 0 Å². The van der Waals surface area contributed by atoms with Gasteiger partial charge in [-0.05, 0) is 56.0 Å². The second kappa shape index (κ2) is 5.33. The molecule has 2 aromatic rings. The van der Waals surface area contributed by atoms with Crippen molar-refractivity contribution in [1.29, 1.82) is 0 Å². The fourth-order valence-corrected chi connectivity index (χ4v) is 2.58. The van der Waals surface area contributed by atoms with E-state index in [-0.39, 0.29) is 11.9 Å². The molecule has 17 heavy (non-hydrogen) atoms. The number of rotatable bonds is 3. The maximum Gasteiger partial charge on any atom is 0.173 e. The molecule has 1 unspecified atom stereocenters. The molecule has 1 aromatic carbocycles. The van der Waals surface area contributed by atoms with Crippen LogP contribution in [0.2, 0.25) is 0 Å². The van der Waals surface area contributed by atoms with E-state index in [0.717, 1.165) is 11.1 Å². The zero-order valence-corrected chi connectivity index (χ0v) is 12.0. The lowest BCUT2D eigenvalue weighted by atomic mass is 10.0. The maximum atomic E-state index is 13.3. The van der Waals surface area contributed by atoms with E-state index < -0.39 is 0 Å². The molecule has 0 fully saturated rings. The minimum absolute atomic E-state index is 0.235. The van der Waals surface area contributed by atoms with Gasteiger partial charge >= 0.3 is 0 Å². The maximum absolute atomic E-state index is 13.3. The van der Waals surface area contributed by atoms with Crippen LogP contribution in [0.1, 0.15) is 17.2 Å². The van der Waals surface area contributed by atoms with Crippen molar-refractivity contribution in [3.63, 3.8) is 0 Å². The van der Waals surface area contributed by atoms with E-state index in [0.29, 0.717) is 15.6 Å². The van der Waals surface area contributed by atoms with Gasteiger partial charge in [-0.15, -0.1) is 0 Å². The van der Waals surface area contributed by atoms with Crippen LogP contribution in [0, 0.1) is 5.82 Å². The first kappa shape index (κ1) is 12.8. The Morgan fingerprint density at radius 2 is 2.06 bits per heavy atom. The number of benzene rings is 1. The van der Waals surface area contributed by atoms with Crippen LogP contribution in [0.15, 0.2) is 44.1 Å². The highest BCUT2D eigenvalue weighted by atomic mass is 79.9. The highest BCUT2D eigenvalue weighted by Gasteiger charge is 2.15. The first-order valence-electron chi connectivity index (χ1n) is 5.01. The van der Waals surface area contributed by atoms with Gasteiger partial charge in [-0.3, -0.25) is 0 Å². The Kier molecular flexibility index (Phi) is 4.01. The van der Waals surface area contributed by atoms with Gasteiger partial charge in [-0.1, -0.05) is 12.1 Å². The Bertz CT molecular complexity index is 527. The standard InChI is InChI=1S/C12H10Br2FNO/c13-11-7(2-1-3-9(11)15)6-10(16)8-4-5-17-12(8)14/h1-5,10H,6,16H2. The first-order chi connectivity index (χ1) is 8.09. The molecule has 2 nitrogen and oxygen atoms in total. The van der Waals surface area contributed by atoms with E-state index >= 15 is 0 Å². The van der Waals surface area contributed by atoms with Gasteiger partial charge in [-0.2, -0.15) is 0 Å². The van der Waals surface area contributed by atoms with E-state index in [9.17, 15) is 4.39 Å². The second-order valence-electron chi connectivity index (χ2n) is 3.67. The summed E-state index contributed by atoms with van der Waals surface area (Å²) in [6, 6.07) is 6.50. The fraction of sp³-hybridized carbons (Fsp3) is 0.167. The van der Waals surface area contributed by atoms with Gasteiger partial charge < -0.3 is 10.2 Å². The third kappa shape index (κ3) is 2.78. The third-order valence-electron chi connectivity index (χ3n) is 2.52. The fourth-order valence-electron chi connectivity index (χ4n) is 1.62. The molecule has 0 saturated carbocycles. The van der Waals surface area contributed by atoms with Crippen LogP contribution in [0.5, 0.6) is 0 Å². The predicted octanol–water partition coefficient (Wildman–Crippen LogP) is 4.19. The average molecular weight is 363 g/mol. The number of nitrogens with two attached hydrogens (primary N) is 1. The van der Waals surface area contributed by atoms with Gasteiger partial charge in [0.1, 0.15) is 5.82 Å². The molecule has 0 radical (unpaired) electrons. The van der Waals surface area contributed by atoms with Gasteiger partial charge in [0.05, 0.1) is 10.7 Å². The van der Waals surface area contributed by atoms with Gasteiger partial charge in [0.25, 0.3) is 0 Å². The lowest BCUT2D eigenvalue weighted by Crippen LogP contribution is -2.13. The van der Waals surface area contributed by atoms with Crippen molar-refractivity contribution >= 4 is 31.9 Å². The van der Waals surface area contributed by atoms with Crippen LogP contribution < -0.4 is 5.73 Å². The molecule has 0 aliphatic heterocycles. The highest BCUT2D eigenvalue weighted by molar-refractivity contribution is 9.10. The molecule has 0 aliphatic carbocycles. The molecule has 1 aromatic heterocycles. The minimum Gasteiger partial charge on any atom is -0.457 e. The first-order valence-corrected chi connectivity index (χ1v) is 6.59. The summed E-state index contributed by atoms with van der Waals surface area (Å²) in [5.41, 5.74) is 7.77. The van der Waals surface area contributed by atoms with Crippen LogP contribution in [-0.2, 0) is 6.42 Å². The Balaban J connectivity index is 2.22. The van der Waals surface area contributed by atoms with Gasteiger partial charge in [0.15, 0.2) is 4.67 Å². The van der Waals surface area contributed by atoms with Crippen molar-refractivity contribution < 1.29 is 8.81 Å². The summed E-state index contributed by atoms with van der Waals surface area (Å²) < 4.78 is 19.6. The van der Waals surface area contributed by atoms with Crippen LogP contribution in [0.3, 0.4) is 0 Å². The van der Waals surface area contributed by atoms with E-state index in [4.69, 9.17) is 10.2 Å². The summed E-state index contributed by atoms with van der Waals surface area (Å²) in [5.74, 6) is -0.277. The molecule has 0 amide bonds. The van der Waals surface area contributed by atoms with E-state index in [1.54, 1.807) is 12.3 Å². The van der Waals surface area contributed by atoms with Crippen molar-refractivity contribution in [2.45, 2.75) is 12.5 Å². The molecule has 2 rings (SSSR count). The summed E-state index contributed by atoms with van der Waals surface area (Å²) in [7, 11) is 0. The number of hydrogen-bond acceptors (Lipinski definition) is 2. The summed E-state index contributed by atoms with van der Waals surface area (Å²) in [6.45, 7) is 0. The predicted molar refractivity (Wildman–Crippen MR) is 71.1 cm³/mol. The number of halogens is 3. The van der Waals surface area contributed by atoms with E-state index in [2.05, 4.69) is 31.9 Å². The summed E-state index contributed by atoms with van der Waals surface area (Å²) >= 11 is 6.51. The Morgan fingerprint density at radius 3 is 2.71 bits per heavy atom. The molecule has 5 heteroatoms. The van der Waals surface area contributed by atoms with Gasteiger partial charge in [0.2, 0.25) is 0 Å². The molecule has 1 atom stereocenters. The molecule has 2 N–H and O–H groups in total. The van der Waals surface area contributed by atoms with Gasteiger partial charge in [0, 0.05) is 11.6 Å². The lowest BCUT2D eigenvalue weighted by molar-refractivity contribution is 0.530. The van der Waals surface area contributed by atoms with Crippen LogP contribution in [0.4, 0.5) is 4.39 Å². The number of furan rings is 1. The van der Waals surface area contributed by atoms with Crippen molar-refractivity contribution in [2.75, 3.05) is 0 Å². The molecule has 0 saturated heterocycles. The minimum atomic E-state index is -0.277. The molecule has 0 spiro atoms. The van der Waals surface area contributed by atoms with E-state index in [1.807, 2.05) is 12.1 Å². The summed E-state index contributed by atoms with van der Waals surface area (Å²) in [4.78, 5) is 0. The quantitative estimate of drug-likeness (QED) is 0.889. The van der Waals surface area contributed by atoms with Crippen LogP contribution in [-0.4, -0.2) is 0 Å². The molecule has 0 aliphatic rings. The molecular weight excluding hydrogens is 353 g/mol. The molecule has 90 valence electrons. The van der Waals surface area contributed by atoms with Crippen molar-refractivity contribution in [1.82, 2.24) is 0 Å². The van der Waals surface area contributed by atoms with Crippen molar-refractivity contribution in [3.05, 3.63) is 56.6 Å². The molecular formula is C12H10Br2FNO. The van der Waals surface area contributed by atoms with Crippen molar-refractivity contribution in [3.8, 4) is 0 Å². The summed E-state index contributed by atoms with van der Waals surface area (Å²) in [5, 5.41) is 0. The van der Waals surface area contributed by atoms with E-state index in [1.165, 1.54) is 6.07 Å². The highest BCUT2D eigenvalue weighted by Crippen LogP contribution is 2.28. The monoisotopic (exact) mass is 361 g/mol. The third-order valence-corrected chi connectivity index (χ3v) is 4.05. The molecule has 1 heterocycles. The smallest absolute Gasteiger partial charge is 0.173 e. The van der Waals surface area contributed by atoms with Gasteiger partial charge in [-0.25, -0.2) is 4.39 Å².